The van der Waals surface area contributed by atoms with Gasteiger partial charge in [0.15, 0.2) is 0 Å². The van der Waals surface area contributed by atoms with Crippen LogP contribution in [0.2, 0.25) is 0 Å². The molecule has 1 aromatic carbocycles. The fourth-order valence-corrected chi connectivity index (χ4v) is 2.38. The minimum absolute atomic E-state index is 0.765. The maximum absolute atomic E-state index is 3.88. The summed E-state index contributed by atoms with van der Waals surface area (Å²) in [6, 6.07) is 10.6. The Bertz CT molecular complexity index is 340. The second-order valence-electron chi connectivity index (χ2n) is 4.68. The first-order valence-corrected chi connectivity index (χ1v) is 6.24. The molecular weight excluding hydrogens is 192 g/mol. The van der Waals surface area contributed by atoms with E-state index in [0.29, 0.717) is 0 Å². The zero-order chi connectivity index (χ0) is 11.2. The van der Waals surface area contributed by atoms with Crippen molar-refractivity contribution in [1.82, 2.24) is 0 Å². The number of hydrogen-bond donors (Lipinski definition) is 0. The van der Waals surface area contributed by atoms with Gasteiger partial charge in [-0.15, -0.1) is 6.58 Å². The van der Waals surface area contributed by atoms with Crippen LogP contribution in [-0.4, -0.2) is 0 Å². The van der Waals surface area contributed by atoms with E-state index in [0.717, 1.165) is 11.8 Å². The van der Waals surface area contributed by atoms with Crippen molar-refractivity contribution in [2.75, 3.05) is 0 Å². The molecular formula is C16H20. The van der Waals surface area contributed by atoms with E-state index >= 15 is 0 Å². The molecule has 0 saturated heterocycles. The molecule has 1 saturated carbocycles. The highest BCUT2D eigenvalue weighted by atomic mass is 14.2. The molecule has 0 N–H and O–H groups in total. The molecule has 0 aliphatic heterocycles. The van der Waals surface area contributed by atoms with Crippen LogP contribution in [-0.2, 0) is 0 Å². The molecule has 0 heterocycles. The third kappa shape index (κ3) is 3.10. The molecule has 0 unspecified atom stereocenters. The largest absolute Gasteiger partial charge is 0.103 e. The Morgan fingerprint density at radius 3 is 2.19 bits per heavy atom. The average Bonchev–Trinajstić information content (AvgIpc) is 2.38. The molecule has 84 valence electrons. The monoisotopic (exact) mass is 212 g/mol. The fourth-order valence-electron chi connectivity index (χ4n) is 2.38. The highest BCUT2D eigenvalue weighted by molar-refractivity contribution is 5.48. The van der Waals surface area contributed by atoms with Crippen LogP contribution in [0.25, 0.3) is 6.08 Å². The van der Waals surface area contributed by atoms with E-state index in [4.69, 9.17) is 0 Å². The van der Waals surface area contributed by atoms with Crippen molar-refractivity contribution in [3.8, 4) is 0 Å². The van der Waals surface area contributed by atoms with E-state index in [1.807, 2.05) is 0 Å². The summed E-state index contributed by atoms with van der Waals surface area (Å²) in [6.45, 7) is 3.88. The molecule has 0 bridgehead atoms. The van der Waals surface area contributed by atoms with Gasteiger partial charge in [0, 0.05) is 0 Å². The van der Waals surface area contributed by atoms with Gasteiger partial charge in [-0.05, 0) is 43.1 Å². The van der Waals surface area contributed by atoms with Gasteiger partial charge < -0.3 is 0 Å². The first kappa shape index (κ1) is 11.2. The van der Waals surface area contributed by atoms with E-state index in [1.54, 1.807) is 0 Å². The van der Waals surface area contributed by atoms with Crippen LogP contribution < -0.4 is 0 Å². The van der Waals surface area contributed by atoms with E-state index in [9.17, 15) is 0 Å². The van der Waals surface area contributed by atoms with Crippen molar-refractivity contribution in [3.05, 3.63) is 54.6 Å². The Kier molecular flexibility index (Phi) is 3.98. The standard InChI is InChI=1S/C16H20/c1-2-14-8-10-16(11-9-14)13-12-15-6-4-3-5-7-15/h2-7,12-14,16H,1,8-11H2. The Labute approximate surface area is 98.7 Å². The highest BCUT2D eigenvalue weighted by Crippen LogP contribution is 2.30. The predicted molar refractivity (Wildman–Crippen MR) is 71.1 cm³/mol. The quantitative estimate of drug-likeness (QED) is 0.637. The fraction of sp³-hybridized carbons (Fsp3) is 0.375. The van der Waals surface area contributed by atoms with Crippen LogP contribution in [0, 0.1) is 11.8 Å². The summed E-state index contributed by atoms with van der Waals surface area (Å²) >= 11 is 0. The first-order valence-electron chi connectivity index (χ1n) is 6.24. The second-order valence-corrected chi connectivity index (χ2v) is 4.68. The van der Waals surface area contributed by atoms with Gasteiger partial charge in [-0.25, -0.2) is 0 Å². The van der Waals surface area contributed by atoms with Crippen molar-refractivity contribution in [2.45, 2.75) is 25.7 Å². The van der Waals surface area contributed by atoms with Crippen molar-refractivity contribution in [1.29, 1.82) is 0 Å². The van der Waals surface area contributed by atoms with Crippen LogP contribution in [0.5, 0.6) is 0 Å². The molecule has 0 radical (unpaired) electrons. The Balaban J connectivity index is 1.87. The van der Waals surface area contributed by atoms with Gasteiger partial charge in [0.2, 0.25) is 0 Å². The van der Waals surface area contributed by atoms with Crippen LogP contribution >= 0.6 is 0 Å². The highest BCUT2D eigenvalue weighted by Gasteiger charge is 2.16. The Hall–Kier alpha value is -1.30. The lowest BCUT2D eigenvalue weighted by Gasteiger charge is -2.24. The molecule has 0 heteroatoms. The van der Waals surface area contributed by atoms with Gasteiger partial charge in [-0.1, -0.05) is 48.6 Å². The number of benzene rings is 1. The van der Waals surface area contributed by atoms with E-state index in [2.05, 4.69) is 55.1 Å². The average molecular weight is 212 g/mol. The third-order valence-electron chi connectivity index (χ3n) is 3.51. The molecule has 16 heavy (non-hydrogen) atoms. The lowest BCUT2D eigenvalue weighted by Crippen LogP contribution is -2.10. The molecule has 1 fully saturated rings. The minimum Gasteiger partial charge on any atom is -0.103 e. The van der Waals surface area contributed by atoms with Crippen molar-refractivity contribution < 1.29 is 0 Å². The number of rotatable bonds is 3. The predicted octanol–water partition coefficient (Wildman–Crippen LogP) is 4.69. The summed E-state index contributed by atoms with van der Waals surface area (Å²) in [5.41, 5.74) is 1.31. The summed E-state index contributed by atoms with van der Waals surface area (Å²) in [7, 11) is 0. The number of hydrogen-bond acceptors (Lipinski definition) is 0. The molecule has 1 aliphatic carbocycles. The zero-order valence-electron chi connectivity index (χ0n) is 9.81. The Morgan fingerprint density at radius 1 is 0.938 bits per heavy atom. The lowest BCUT2D eigenvalue weighted by molar-refractivity contribution is 0.357. The second kappa shape index (κ2) is 5.69. The smallest absolute Gasteiger partial charge is 0.0230 e. The lowest BCUT2D eigenvalue weighted by atomic mass is 9.82. The van der Waals surface area contributed by atoms with Crippen LogP contribution in [0.15, 0.2) is 49.1 Å². The van der Waals surface area contributed by atoms with E-state index < -0.39 is 0 Å². The maximum Gasteiger partial charge on any atom is -0.0230 e. The summed E-state index contributed by atoms with van der Waals surface area (Å²) < 4.78 is 0. The van der Waals surface area contributed by atoms with Gasteiger partial charge in [0.1, 0.15) is 0 Å². The molecule has 1 aliphatic rings. The summed E-state index contributed by atoms with van der Waals surface area (Å²) in [5, 5.41) is 0. The molecule has 1 aromatic rings. The minimum atomic E-state index is 0.765. The van der Waals surface area contributed by atoms with E-state index in [-0.39, 0.29) is 0 Å². The van der Waals surface area contributed by atoms with Gasteiger partial charge in [-0.2, -0.15) is 0 Å². The van der Waals surface area contributed by atoms with Crippen molar-refractivity contribution in [3.63, 3.8) is 0 Å². The maximum atomic E-state index is 3.88. The van der Waals surface area contributed by atoms with Crippen LogP contribution in [0.4, 0.5) is 0 Å². The molecule has 0 atom stereocenters. The summed E-state index contributed by atoms with van der Waals surface area (Å²) in [4.78, 5) is 0. The topological polar surface area (TPSA) is 0 Å². The molecule has 0 amide bonds. The van der Waals surface area contributed by atoms with Crippen LogP contribution in [0.3, 0.4) is 0 Å². The molecule has 0 nitrogen and oxygen atoms in total. The van der Waals surface area contributed by atoms with Crippen molar-refractivity contribution >= 4 is 6.08 Å². The van der Waals surface area contributed by atoms with E-state index in [1.165, 1.54) is 31.2 Å². The normalized spacial score (nSPS) is 25.8. The molecule has 2 rings (SSSR count). The first-order chi connectivity index (χ1) is 7.88. The van der Waals surface area contributed by atoms with Gasteiger partial charge >= 0.3 is 0 Å². The van der Waals surface area contributed by atoms with Crippen LogP contribution in [0.1, 0.15) is 31.2 Å². The molecule has 0 aromatic heterocycles. The summed E-state index contributed by atoms with van der Waals surface area (Å²) in [5.74, 6) is 1.54. The molecule has 0 spiro atoms. The summed E-state index contributed by atoms with van der Waals surface area (Å²) in [6.07, 6.45) is 12.0. The Morgan fingerprint density at radius 2 is 1.56 bits per heavy atom. The van der Waals surface area contributed by atoms with Gasteiger partial charge in [0.25, 0.3) is 0 Å². The zero-order valence-corrected chi connectivity index (χ0v) is 9.81. The van der Waals surface area contributed by atoms with Crippen molar-refractivity contribution in [2.24, 2.45) is 11.8 Å². The van der Waals surface area contributed by atoms with Gasteiger partial charge in [-0.3, -0.25) is 0 Å². The number of allylic oxidation sites excluding steroid dienone is 2. The third-order valence-corrected chi connectivity index (χ3v) is 3.51. The van der Waals surface area contributed by atoms with Gasteiger partial charge in [0.05, 0.1) is 0 Å². The SMILES string of the molecule is C=CC1CCC(C=Cc2ccccc2)CC1.